The third-order valence-electron chi connectivity index (χ3n) is 5.01. The first-order chi connectivity index (χ1) is 10.9. The minimum Gasteiger partial charge on any atom is -0.389 e. The molecule has 1 aromatic rings. The molecule has 0 spiro atoms. The van der Waals surface area contributed by atoms with Crippen molar-refractivity contribution in [3.05, 3.63) is 35.9 Å². The van der Waals surface area contributed by atoms with Crippen molar-refractivity contribution in [3.63, 3.8) is 0 Å². The summed E-state index contributed by atoms with van der Waals surface area (Å²) in [5.41, 5.74) is 5.08. The molecule has 1 heterocycles. The SMILES string of the molecule is CCC(O)(CC)C(C(=O)N1CCCC1C(N)=O)c1ccccc1. The van der Waals surface area contributed by atoms with E-state index in [9.17, 15) is 14.7 Å². The fraction of sp³-hybridized carbons (Fsp3) is 0.556. The second-order valence-electron chi connectivity index (χ2n) is 6.25. The maximum absolute atomic E-state index is 13.2. The minimum atomic E-state index is -1.14. The van der Waals surface area contributed by atoms with Crippen LogP contribution in [0.4, 0.5) is 0 Å². The van der Waals surface area contributed by atoms with Crippen molar-refractivity contribution in [1.82, 2.24) is 4.90 Å². The average Bonchev–Trinajstić information content (AvgIpc) is 3.05. The third-order valence-corrected chi connectivity index (χ3v) is 5.01. The normalized spacial score (nSPS) is 19.6. The van der Waals surface area contributed by atoms with Crippen molar-refractivity contribution in [3.8, 4) is 0 Å². The summed E-state index contributed by atoms with van der Waals surface area (Å²) < 4.78 is 0. The van der Waals surface area contributed by atoms with Gasteiger partial charge in [0.05, 0.1) is 11.5 Å². The topological polar surface area (TPSA) is 83.6 Å². The van der Waals surface area contributed by atoms with Gasteiger partial charge in [0.2, 0.25) is 11.8 Å². The van der Waals surface area contributed by atoms with Gasteiger partial charge in [-0.3, -0.25) is 9.59 Å². The Balaban J connectivity index is 2.41. The Morgan fingerprint density at radius 3 is 2.43 bits per heavy atom. The van der Waals surface area contributed by atoms with E-state index in [0.29, 0.717) is 25.8 Å². The van der Waals surface area contributed by atoms with Crippen LogP contribution in [0.3, 0.4) is 0 Å². The summed E-state index contributed by atoms with van der Waals surface area (Å²) in [5.74, 6) is -1.36. The summed E-state index contributed by atoms with van der Waals surface area (Å²) in [6.45, 7) is 4.27. The molecule has 0 aliphatic carbocycles. The molecule has 1 aliphatic heterocycles. The van der Waals surface area contributed by atoms with Crippen LogP contribution < -0.4 is 5.73 Å². The van der Waals surface area contributed by atoms with Crippen LogP contribution in [0.25, 0.3) is 0 Å². The van der Waals surface area contributed by atoms with Gasteiger partial charge >= 0.3 is 0 Å². The van der Waals surface area contributed by atoms with Crippen LogP contribution in [0.15, 0.2) is 30.3 Å². The number of primary amides is 1. The van der Waals surface area contributed by atoms with Gasteiger partial charge in [0, 0.05) is 6.54 Å². The first-order valence-electron chi connectivity index (χ1n) is 8.31. The average molecular weight is 318 g/mol. The number of rotatable bonds is 6. The lowest BCUT2D eigenvalue weighted by atomic mass is 9.77. The molecular weight excluding hydrogens is 292 g/mol. The number of carbonyl (C=O) groups is 2. The lowest BCUT2D eigenvalue weighted by Crippen LogP contribution is -2.50. The molecule has 23 heavy (non-hydrogen) atoms. The Kier molecular flexibility index (Phi) is 5.42. The van der Waals surface area contributed by atoms with Crippen LogP contribution in [0, 0.1) is 0 Å². The molecule has 0 bridgehead atoms. The molecule has 1 saturated heterocycles. The molecule has 0 saturated carbocycles. The second-order valence-corrected chi connectivity index (χ2v) is 6.25. The van der Waals surface area contributed by atoms with E-state index in [0.717, 1.165) is 12.0 Å². The number of benzene rings is 1. The predicted molar refractivity (Wildman–Crippen MR) is 88.6 cm³/mol. The summed E-state index contributed by atoms with van der Waals surface area (Å²) >= 11 is 0. The molecule has 5 heteroatoms. The number of amides is 2. The van der Waals surface area contributed by atoms with Gasteiger partial charge in [0.25, 0.3) is 0 Å². The molecule has 3 N–H and O–H groups in total. The largest absolute Gasteiger partial charge is 0.389 e. The number of aliphatic hydroxyl groups is 1. The van der Waals surface area contributed by atoms with Crippen molar-refractivity contribution in [2.45, 2.75) is 57.1 Å². The Labute approximate surface area is 137 Å². The maximum atomic E-state index is 13.2. The molecule has 1 aliphatic rings. The summed E-state index contributed by atoms with van der Waals surface area (Å²) in [7, 11) is 0. The highest BCUT2D eigenvalue weighted by atomic mass is 16.3. The van der Waals surface area contributed by atoms with Gasteiger partial charge in [0.15, 0.2) is 0 Å². The zero-order chi connectivity index (χ0) is 17.0. The molecule has 1 fully saturated rings. The van der Waals surface area contributed by atoms with Crippen LogP contribution in [-0.4, -0.2) is 40.0 Å². The Morgan fingerprint density at radius 1 is 1.30 bits per heavy atom. The summed E-state index contributed by atoms with van der Waals surface area (Å²) in [6.07, 6.45) is 2.28. The van der Waals surface area contributed by atoms with Crippen molar-refractivity contribution >= 4 is 11.8 Å². The van der Waals surface area contributed by atoms with Crippen LogP contribution in [0.2, 0.25) is 0 Å². The maximum Gasteiger partial charge on any atom is 0.240 e. The fourth-order valence-corrected chi connectivity index (χ4v) is 3.48. The van der Waals surface area contributed by atoms with Crippen molar-refractivity contribution < 1.29 is 14.7 Å². The molecule has 0 aromatic heterocycles. The van der Waals surface area contributed by atoms with Gasteiger partial charge in [-0.15, -0.1) is 0 Å². The van der Waals surface area contributed by atoms with Crippen molar-refractivity contribution in [2.24, 2.45) is 5.73 Å². The van der Waals surface area contributed by atoms with E-state index in [1.165, 1.54) is 0 Å². The number of nitrogens with two attached hydrogens (primary N) is 1. The molecule has 2 unspecified atom stereocenters. The van der Waals surface area contributed by atoms with Gasteiger partial charge in [-0.05, 0) is 31.2 Å². The van der Waals surface area contributed by atoms with E-state index in [1.54, 1.807) is 4.90 Å². The zero-order valence-corrected chi connectivity index (χ0v) is 13.9. The quantitative estimate of drug-likeness (QED) is 0.839. The van der Waals surface area contributed by atoms with Gasteiger partial charge < -0.3 is 15.7 Å². The molecule has 0 radical (unpaired) electrons. The molecule has 1 aromatic carbocycles. The molecule has 2 rings (SSSR count). The lowest BCUT2D eigenvalue weighted by Gasteiger charge is -2.37. The molecule has 5 nitrogen and oxygen atoms in total. The molecular formula is C18H26N2O3. The highest BCUT2D eigenvalue weighted by Crippen LogP contribution is 2.37. The fourth-order valence-electron chi connectivity index (χ4n) is 3.48. The van der Waals surface area contributed by atoms with Crippen LogP contribution in [-0.2, 0) is 9.59 Å². The van der Waals surface area contributed by atoms with E-state index in [4.69, 9.17) is 5.73 Å². The van der Waals surface area contributed by atoms with Crippen LogP contribution in [0.5, 0.6) is 0 Å². The van der Waals surface area contributed by atoms with E-state index in [-0.39, 0.29) is 5.91 Å². The van der Waals surface area contributed by atoms with Gasteiger partial charge in [-0.2, -0.15) is 0 Å². The van der Waals surface area contributed by atoms with E-state index >= 15 is 0 Å². The monoisotopic (exact) mass is 318 g/mol. The van der Waals surface area contributed by atoms with Crippen LogP contribution >= 0.6 is 0 Å². The zero-order valence-electron chi connectivity index (χ0n) is 13.9. The number of likely N-dealkylation sites (tertiary alicyclic amines) is 1. The molecule has 2 amide bonds. The minimum absolute atomic E-state index is 0.205. The summed E-state index contributed by atoms with van der Waals surface area (Å²) in [6, 6.07) is 8.74. The predicted octanol–water partition coefficient (Wildman–Crippen LogP) is 1.80. The van der Waals surface area contributed by atoms with Gasteiger partial charge in [-0.1, -0.05) is 44.2 Å². The second kappa shape index (κ2) is 7.13. The van der Waals surface area contributed by atoms with E-state index in [2.05, 4.69) is 0 Å². The standard InChI is InChI=1S/C18H26N2O3/c1-3-18(23,4-2)15(13-9-6-5-7-10-13)17(22)20-12-8-11-14(20)16(19)21/h5-7,9-10,14-15,23H,3-4,8,11-12H2,1-2H3,(H2,19,21). The van der Waals surface area contributed by atoms with Gasteiger partial charge in [0.1, 0.15) is 6.04 Å². The number of carbonyl (C=O) groups excluding carboxylic acids is 2. The number of hydrogen-bond donors (Lipinski definition) is 2. The van der Waals surface area contributed by atoms with Crippen molar-refractivity contribution in [2.75, 3.05) is 6.54 Å². The van der Waals surface area contributed by atoms with Gasteiger partial charge in [-0.25, -0.2) is 0 Å². The first kappa shape index (κ1) is 17.5. The Hall–Kier alpha value is -1.88. The Bertz CT molecular complexity index is 555. The number of nitrogens with zero attached hydrogens (tertiary/aromatic N) is 1. The first-order valence-corrected chi connectivity index (χ1v) is 8.31. The highest BCUT2D eigenvalue weighted by Gasteiger charge is 2.45. The lowest BCUT2D eigenvalue weighted by molar-refractivity contribution is -0.144. The molecule has 2 atom stereocenters. The number of hydrogen-bond acceptors (Lipinski definition) is 3. The van der Waals surface area contributed by atoms with E-state index < -0.39 is 23.5 Å². The summed E-state index contributed by atoms with van der Waals surface area (Å²) in [4.78, 5) is 26.4. The highest BCUT2D eigenvalue weighted by molar-refractivity contribution is 5.91. The van der Waals surface area contributed by atoms with Crippen molar-refractivity contribution in [1.29, 1.82) is 0 Å². The van der Waals surface area contributed by atoms with E-state index in [1.807, 2.05) is 44.2 Å². The molecule has 126 valence electrons. The third kappa shape index (κ3) is 3.39. The summed E-state index contributed by atoms with van der Waals surface area (Å²) in [5, 5.41) is 11.0. The Morgan fingerprint density at radius 2 is 1.91 bits per heavy atom. The van der Waals surface area contributed by atoms with Crippen LogP contribution in [0.1, 0.15) is 51.0 Å². The smallest absolute Gasteiger partial charge is 0.240 e.